The summed E-state index contributed by atoms with van der Waals surface area (Å²) < 4.78 is 7.01. The van der Waals surface area contributed by atoms with Crippen LogP contribution in [0.2, 0.25) is 0 Å². The first kappa shape index (κ1) is 16.2. The number of benzene rings is 3. The van der Waals surface area contributed by atoms with E-state index in [9.17, 15) is 4.79 Å². The van der Waals surface area contributed by atoms with Crippen LogP contribution in [-0.4, -0.2) is 38.2 Å². The second kappa shape index (κ2) is 6.31. The molecule has 0 aliphatic heterocycles. The Morgan fingerprint density at radius 1 is 0.964 bits per heavy atom. The minimum Gasteiger partial charge on any atom is -0.497 e. The SMILES string of the molecule is COc1cccc(C(=O)n2c3ccccc3c3cc(-c4nn[nH]n4)ccc32)c1. The Morgan fingerprint density at radius 3 is 2.64 bits per heavy atom. The molecule has 3 aromatic carbocycles. The van der Waals surface area contributed by atoms with Crippen LogP contribution >= 0.6 is 0 Å². The van der Waals surface area contributed by atoms with Crippen molar-refractivity contribution in [1.82, 2.24) is 25.2 Å². The van der Waals surface area contributed by atoms with Crippen molar-refractivity contribution in [2.45, 2.75) is 0 Å². The van der Waals surface area contributed by atoms with Gasteiger partial charge in [-0.25, -0.2) is 0 Å². The highest BCUT2D eigenvalue weighted by atomic mass is 16.5. The minimum absolute atomic E-state index is 0.114. The predicted molar refractivity (Wildman–Crippen MR) is 105 cm³/mol. The number of H-pyrrole nitrogens is 1. The Hall–Kier alpha value is -4.00. The number of tetrazole rings is 1. The number of methoxy groups -OCH3 is 1. The molecule has 28 heavy (non-hydrogen) atoms. The Labute approximate surface area is 159 Å². The lowest BCUT2D eigenvalue weighted by Gasteiger charge is -2.08. The average Bonchev–Trinajstić information content (AvgIpc) is 3.39. The number of rotatable bonds is 3. The molecular formula is C21H15N5O2. The number of carbonyl (C=O) groups excluding carboxylic acids is 1. The third kappa shape index (κ3) is 2.44. The maximum atomic E-state index is 13.4. The van der Waals surface area contributed by atoms with Crippen LogP contribution in [0.15, 0.2) is 66.7 Å². The summed E-state index contributed by atoms with van der Waals surface area (Å²) in [5.74, 6) is 1.04. The van der Waals surface area contributed by atoms with Crippen molar-refractivity contribution in [3.05, 3.63) is 72.3 Å². The molecule has 0 bridgehead atoms. The van der Waals surface area contributed by atoms with Crippen molar-refractivity contribution in [3.8, 4) is 17.1 Å². The quantitative estimate of drug-likeness (QED) is 0.524. The van der Waals surface area contributed by atoms with Crippen molar-refractivity contribution in [2.75, 3.05) is 7.11 Å². The topological polar surface area (TPSA) is 85.7 Å². The molecule has 0 radical (unpaired) electrons. The second-order valence-electron chi connectivity index (χ2n) is 6.36. The summed E-state index contributed by atoms with van der Waals surface area (Å²) in [4.78, 5) is 13.4. The number of fused-ring (bicyclic) bond motifs is 3. The van der Waals surface area contributed by atoms with Crippen LogP contribution in [0.25, 0.3) is 33.2 Å². The Balaban J connectivity index is 1.76. The summed E-state index contributed by atoms with van der Waals surface area (Å²) in [6, 6.07) is 20.8. The van der Waals surface area contributed by atoms with Gasteiger partial charge in [-0.05, 0) is 47.7 Å². The lowest BCUT2D eigenvalue weighted by atomic mass is 10.1. The molecule has 0 saturated heterocycles. The first-order valence-electron chi connectivity index (χ1n) is 8.72. The standard InChI is InChI=1S/C21H15N5O2/c1-28-15-6-4-5-14(11-15)21(27)26-18-8-3-2-7-16(18)17-12-13(9-10-19(17)26)20-22-24-25-23-20/h2-12H,1H3,(H,22,23,24,25). The van der Waals surface area contributed by atoms with Gasteiger partial charge >= 0.3 is 0 Å². The van der Waals surface area contributed by atoms with Crippen LogP contribution in [0.5, 0.6) is 5.75 Å². The summed E-state index contributed by atoms with van der Waals surface area (Å²) >= 11 is 0. The highest BCUT2D eigenvalue weighted by molar-refractivity contribution is 6.16. The van der Waals surface area contributed by atoms with Crippen molar-refractivity contribution in [1.29, 1.82) is 0 Å². The molecule has 5 aromatic rings. The summed E-state index contributed by atoms with van der Waals surface area (Å²) in [5, 5.41) is 16.1. The number of aromatic amines is 1. The van der Waals surface area contributed by atoms with Gasteiger partial charge < -0.3 is 4.74 Å². The molecule has 0 aliphatic carbocycles. The lowest BCUT2D eigenvalue weighted by Crippen LogP contribution is -2.11. The molecule has 0 unspecified atom stereocenters. The third-order valence-electron chi connectivity index (χ3n) is 4.80. The summed E-state index contributed by atoms with van der Waals surface area (Å²) in [6.45, 7) is 0. The number of nitrogens with zero attached hydrogens (tertiary/aromatic N) is 4. The lowest BCUT2D eigenvalue weighted by molar-refractivity contribution is 0.0969. The molecular weight excluding hydrogens is 354 g/mol. The molecule has 1 N–H and O–H groups in total. The molecule has 0 fully saturated rings. The van der Waals surface area contributed by atoms with E-state index in [0.717, 1.165) is 27.4 Å². The van der Waals surface area contributed by atoms with Crippen LogP contribution < -0.4 is 4.74 Å². The molecule has 0 aliphatic rings. The molecule has 7 heteroatoms. The fourth-order valence-corrected chi connectivity index (χ4v) is 3.50. The first-order chi connectivity index (χ1) is 13.8. The monoisotopic (exact) mass is 369 g/mol. The van der Waals surface area contributed by atoms with Gasteiger partial charge in [-0.2, -0.15) is 5.21 Å². The Bertz CT molecular complexity index is 1320. The van der Waals surface area contributed by atoms with Gasteiger partial charge in [0.15, 0.2) is 0 Å². The van der Waals surface area contributed by atoms with Crippen LogP contribution in [-0.2, 0) is 0 Å². The Kier molecular flexibility index (Phi) is 3.65. The van der Waals surface area contributed by atoms with E-state index in [1.54, 1.807) is 23.8 Å². The molecule has 0 spiro atoms. The van der Waals surface area contributed by atoms with Gasteiger partial charge in [0, 0.05) is 21.9 Å². The predicted octanol–water partition coefficient (Wildman–Crippen LogP) is 3.67. The number of nitrogens with one attached hydrogen (secondary N) is 1. The van der Waals surface area contributed by atoms with E-state index in [4.69, 9.17) is 4.74 Å². The Morgan fingerprint density at radius 2 is 1.82 bits per heavy atom. The van der Waals surface area contributed by atoms with Crippen molar-refractivity contribution in [3.63, 3.8) is 0 Å². The number of ether oxygens (including phenoxy) is 1. The normalized spacial score (nSPS) is 11.2. The molecule has 2 aromatic heterocycles. The molecule has 0 atom stereocenters. The summed E-state index contributed by atoms with van der Waals surface area (Å²) in [5.41, 5.74) is 3.05. The van der Waals surface area contributed by atoms with Gasteiger partial charge in [-0.3, -0.25) is 9.36 Å². The smallest absolute Gasteiger partial charge is 0.263 e. The fraction of sp³-hybridized carbons (Fsp3) is 0.0476. The number of aromatic nitrogens is 5. The summed E-state index contributed by atoms with van der Waals surface area (Å²) in [6.07, 6.45) is 0. The molecule has 5 rings (SSSR count). The van der Waals surface area contributed by atoms with E-state index in [-0.39, 0.29) is 5.91 Å². The van der Waals surface area contributed by atoms with Crippen LogP contribution in [0.1, 0.15) is 10.4 Å². The van der Waals surface area contributed by atoms with Gasteiger partial charge in [-0.1, -0.05) is 24.3 Å². The first-order valence-corrected chi connectivity index (χ1v) is 8.72. The zero-order valence-electron chi connectivity index (χ0n) is 15.0. The second-order valence-corrected chi connectivity index (χ2v) is 6.36. The number of hydrogen-bond acceptors (Lipinski definition) is 5. The highest BCUT2D eigenvalue weighted by Gasteiger charge is 2.18. The van der Waals surface area contributed by atoms with Gasteiger partial charge in [0.1, 0.15) is 5.75 Å². The maximum Gasteiger partial charge on any atom is 0.263 e. The number of carbonyl (C=O) groups is 1. The third-order valence-corrected chi connectivity index (χ3v) is 4.80. The van der Waals surface area contributed by atoms with Crippen molar-refractivity contribution < 1.29 is 9.53 Å². The maximum absolute atomic E-state index is 13.4. The van der Waals surface area contributed by atoms with Crippen LogP contribution in [0.3, 0.4) is 0 Å². The van der Waals surface area contributed by atoms with Gasteiger partial charge in [0.05, 0.1) is 18.1 Å². The zero-order chi connectivity index (χ0) is 19.1. The molecule has 136 valence electrons. The van der Waals surface area contributed by atoms with Crippen molar-refractivity contribution in [2.24, 2.45) is 0 Å². The van der Waals surface area contributed by atoms with E-state index in [1.165, 1.54) is 0 Å². The van der Waals surface area contributed by atoms with Crippen LogP contribution in [0, 0.1) is 0 Å². The number of para-hydroxylation sites is 1. The summed E-state index contributed by atoms with van der Waals surface area (Å²) in [7, 11) is 1.59. The van der Waals surface area contributed by atoms with E-state index >= 15 is 0 Å². The molecule has 2 heterocycles. The van der Waals surface area contributed by atoms with Gasteiger partial charge in [0.25, 0.3) is 5.91 Å². The zero-order valence-corrected chi connectivity index (χ0v) is 15.0. The van der Waals surface area contributed by atoms with E-state index in [1.807, 2.05) is 54.6 Å². The molecule has 0 amide bonds. The molecule has 7 nitrogen and oxygen atoms in total. The van der Waals surface area contributed by atoms with Crippen molar-refractivity contribution >= 4 is 27.7 Å². The van der Waals surface area contributed by atoms with Gasteiger partial charge in [0.2, 0.25) is 5.82 Å². The van der Waals surface area contributed by atoms with E-state index < -0.39 is 0 Å². The average molecular weight is 369 g/mol. The number of hydrogen-bond donors (Lipinski definition) is 1. The fourth-order valence-electron chi connectivity index (χ4n) is 3.50. The highest BCUT2D eigenvalue weighted by Crippen LogP contribution is 2.32. The van der Waals surface area contributed by atoms with Crippen LogP contribution in [0.4, 0.5) is 0 Å². The van der Waals surface area contributed by atoms with Gasteiger partial charge in [-0.15, -0.1) is 10.2 Å². The largest absolute Gasteiger partial charge is 0.497 e. The molecule has 0 saturated carbocycles. The van der Waals surface area contributed by atoms with E-state index in [2.05, 4.69) is 20.6 Å². The van der Waals surface area contributed by atoms with E-state index in [0.29, 0.717) is 17.1 Å². The minimum atomic E-state index is -0.114.